The summed E-state index contributed by atoms with van der Waals surface area (Å²) >= 11 is 1.40. The van der Waals surface area contributed by atoms with Gasteiger partial charge in [0.15, 0.2) is 0 Å². The van der Waals surface area contributed by atoms with Gasteiger partial charge in [-0.15, -0.1) is 11.8 Å². The molecule has 0 amide bonds. The smallest absolute Gasteiger partial charge is 0.420 e. The summed E-state index contributed by atoms with van der Waals surface area (Å²) in [5, 5.41) is 1.57. The molecule has 1 heterocycles. The highest BCUT2D eigenvalue weighted by atomic mass is 32.2. The predicted octanol–water partition coefficient (Wildman–Crippen LogP) is 2.24. The molecule has 0 unspecified atom stereocenters. The normalized spacial score (nSPS) is 16.7. The Morgan fingerprint density at radius 2 is 2.23 bits per heavy atom. The van der Waals surface area contributed by atoms with E-state index in [0.717, 1.165) is 0 Å². The first-order chi connectivity index (χ1) is 6.00. The summed E-state index contributed by atoms with van der Waals surface area (Å²) < 4.78 is 39.1. The van der Waals surface area contributed by atoms with Crippen molar-refractivity contribution in [3.63, 3.8) is 0 Å². The van der Waals surface area contributed by atoms with Crippen molar-refractivity contribution in [2.24, 2.45) is 0 Å². The van der Waals surface area contributed by atoms with Crippen LogP contribution in [0.3, 0.4) is 0 Å². The monoisotopic (exact) mass is 210 g/mol. The van der Waals surface area contributed by atoms with E-state index in [9.17, 15) is 18.0 Å². The summed E-state index contributed by atoms with van der Waals surface area (Å²) in [6.45, 7) is 0. The van der Waals surface area contributed by atoms with Gasteiger partial charge in [0.1, 0.15) is 5.76 Å². The molecule has 0 bridgehead atoms. The average molecular weight is 210 g/mol. The van der Waals surface area contributed by atoms with Crippen molar-refractivity contribution in [1.82, 2.24) is 0 Å². The molecule has 0 atom stereocenters. The average Bonchev–Trinajstić information content (AvgIpc) is 2.04. The Hall–Kier alpha value is -0.910. The molecule has 0 saturated heterocycles. The van der Waals surface area contributed by atoms with Crippen LogP contribution >= 0.6 is 11.8 Å². The van der Waals surface area contributed by atoms with Crippen LogP contribution in [0.5, 0.6) is 0 Å². The molecule has 72 valence electrons. The molecule has 0 aromatic carbocycles. The van der Waals surface area contributed by atoms with Crippen LogP contribution in [0.1, 0.15) is 0 Å². The Kier molecular flexibility index (Phi) is 3.02. The third-order valence-electron chi connectivity index (χ3n) is 1.15. The van der Waals surface area contributed by atoms with Gasteiger partial charge in [-0.3, -0.25) is 0 Å². The van der Waals surface area contributed by atoms with E-state index < -0.39 is 12.1 Å². The van der Waals surface area contributed by atoms with Crippen molar-refractivity contribution in [2.75, 3.05) is 5.75 Å². The third-order valence-corrected chi connectivity index (χ3v) is 1.84. The zero-order chi connectivity index (χ0) is 9.90. The zero-order valence-electron chi connectivity index (χ0n) is 6.30. The van der Waals surface area contributed by atoms with Gasteiger partial charge in [-0.2, -0.15) is 13.2 Å². The summed E-state index contributed by atoms with van der Waals surface area (Å²) in [4.78, 5) is 10.3. The second kappa shape index (κ2) is 3.87. The van der Waals surface area contributed by atoms with E-state index in [1.165, 1.54) is 23.9 Å². The lowest BCUT2D eigenvalue weighted by molar-refractivity contribution is -0.194. The van der Waals surface area contributed by atoms with Gasteiger partial charge >= 0.3 is 12.1 Å². The van der Waals surface area contributed by atoms with Gasteiger partial charge in [0.2, 0.25) is 0 Å². The highest BCUT2D eigenvalue weighted by molar-refractivity contribution is 8.02. The molecule has 0 N–H and O–H groups in total. The van der Waals surface area contributed by atoms with E-state index in [-0.39, 0.29) is 5.76 Å². The number of carbonyl (C=O) groups is 1. The van der Waals surface area contributed by atoms with Gasteiger partial charge in [0.25, 0.3) is 0 Å². The van der Waals surface area contributed by atoms with Crippen LogP contribution in [0.4, 0.5) is 13.2 Å². The minimum absolute atomic E-state index is 0.0546. The van der Waals surface area contributed by atoms with Crippen molar-refractivity contribution >= 4 is 17.7 Å². The maximum atomic E-state index is 11.7. The summed E-state index contributed by atoms with van der Waals surface area (Å²) in [6.07, 6.45) is -2.20. The molecule has 0 aliphatic carbocycles. The number of alkyl halides is 3. The molecule has 6 heteroatoms. The molecule has 1 aliphatic rings. The fourth-order valence-corrected chi connectivity index (χ4v) is 1.21. The molecule has 0 spiro atoms. The Bertz CT molecular complexity index is 267. The van der Waals surface area contributed by atoms with Crippen molar-refractivity contribution in [1.29, 1.82) is 0 Å². The van der Waals surface area contributed by atoms with E-state index in [2.05, 4.69) is 4.74 Å². The van der Waals surface area contributed by atoms with Gasteiger partial charge in [-0.1, -0.05) is 0 Å². The summed E-state index contributed by atoms with van der Waals surface area (Å²) in [7, 11) is 0. The van der Waals surface area contributed by atoms with Crippen LogP contribution in [0, 0.1) is 0 Å². The quantitative estimate of drug-likeness (QED) is 0.621. The summed E-state index contributed by atoms with van der Waals surface area (Å²) in [5.41, 5.74) is 0. The van der Waals surface area contributed by atoms with Gasteiger partial charge < -0.3 is 4.74 Å². The molecular formula is C7H5F3O2S. The first-order valence-corrected chi connectivity index (χ1v) is 4.32. The number of rotatable bonds is 1. The molecule has 2 nitrogen and oxygen atoms in total. The van der Waals surface area contributed by atoms with Crippen molar-refractivity contribution in [3.8, 4) is 0 Å². The molecule has 13 heavy (non-hydrogen) atoms. The topological polar surface area (TPSA) is 26.3 Å². The molecule has 0 aromatic rings. The minimum atomic E-state index is -4.93. The number of ether oxygens (including phenoxy) is 1. The van der Waals surface area contributed by atoms with Gasteiger partial charge in [-0.05, 0) is 17.6 Å². The fourth-order valence-electron chi connectivity index (χ4n) is 0.610. The van der Waals surface area contributed by atoms with E-state index in [4.69, 9.17) is 0 Å². The van der Waals surface area contributed by atoms with Gasteiger partial charge in [0.05, 0.1) is 0 Å². The van der Waals surface area contributed by atoms with Crippen LogP contribution in [0.15, 0.2) is 23.3 Å². The Morgan fingerprint density at radius 3 is 2.69 bits per heavy atom. The molecule has 0 saturated carbocycles. The lowest BCUT2D eigenvalue weighted by Gasteiger charge is -2.09. The lowest BCUT2D eigenvalue weighted by atomic mass is 10.4. The van der Waals surface area contributed by atoms with E-state index in [0.29, 0.717) is 5.75 Å². The number of esters is 1. The Balaban J connectivity index is 2.54. The van der Waals surface area contributed by atoms with Gasteiger partial charge in [-0.25, -0.2) is 4.79 Å². The van der Waals surface area contributed by atoms with E-state index in [1.807, 2.05) is 0 Å². The fraction of sp³-hybridized carbons (Fsp3) is 0.286. The standard InChI is InChI=1S/C7H5F3O2S/c8-7(9,10)6(11)12-5-1-3-13-4-2-5/h1-3H,4H2. The molecular weight excluding hydrogens is 205 g/mol. The lowest BCUT2D eigenvalue weighted by Crippen LogP contribution is -2.25. The maximum absolute atomic E-state index is 11.7. The van der Waals surface area contributed by atoms with Crippen LogP contribution in [-0.4, -0.2) is 17.9 Å². The van der Waals surface area contributed by atoms with E-state index >= 15 is 0 Å². The molecule has 1 rings (SSSR count). The third kappa shape index (κ3) is 3.14. The zero-order valence-corrected chi connectivity index (χ0v) is 7.11. The Morgan fingerprint density at radius 1 is 1.54 bits per heavy atom. The van der Waals surface area contributed by atoms with Crippen molar-refractivity contribution < 1.29 is 22.7 Å². The second-order valence-electron chi connectivity index (χ2n) is 2.13. The molecule has 1 aliphatic heterocycles. The largest absolute Gasteiger partial charge is 0.491 e. The Labute approximate surface area is 76.4 Å². The maximum Gasteiger partial charge on any atom is 0.491 e. The van der Waals surface area contributed by atoms with Gasteiger partial charge in [0, 0.05) is 5.75 Å². The first kappa shape index (κ1) is 10.2. The van der Waals surface area contributed by atoms with E-state index in [1.54, 1.807) is 5.41 Å². The van der Waals surface area contributed by atoms with Crippen LogP contribution < -0.4 is 0 Å². The molecule has 0 aromatic heterocycles. The summed E-state index contributed by atoms with van der Waals surface area (Å²) in [5.74, 6) is -1.73. The van der Waals surface area contributed by atoms with Crippen molar-refractivity contribution in [2.45, 2.75) is 6.18 Å². The highest BCUT2D eigenvalue weighted by Crippen LogP contribution is 2.21. The number of carbonyl (C=O) groups excluding carboxylic acids is 1. The van der Waals surface area contributed by atoms with Crippen LogP contribution in [-0.2, 0) is 9.53 Å². The van der Waals surface area contributed by atoms with Crippen LogP contribution in [0.25, 0.3) is 0 Å². The number of halogens is 3. The number of thioether (sulfide) groups is 1. The number of hydrogen-bond donors (Lipinski definition) is 0. The molecule has 0 fully saturated rings. The SMILES string of the molecule is O=C(OC1=CCSC=C1)C(F)(F)F. The second-order valence-corrected chi connectivity index (χ2v) is 3.07. The number of allylic oxidation sites excluding steroid dienone is 1. The van der Waals surface area contributed by atoms with Crippen LogP contribution in [0.2, 0.25) is 0 Å². The first-order valence-electron chi connectivity index (χ1n) is 3.27. The summed E-state index contributed by atoms with van der Waals surface area (Å²) in [6, 6.07) is 0. The predicted molar refractivity (Wildman–Crippen MR) is 41.8 cm³/mol. The highest BCUT2D eigenvalue weighted by Gasteiger charge is 2.41. The minimum Gasteiger partial charge on any atom is -0.420 e. The number of hydrogen-bond acceptors (Lipinski definition) is 3. The molecule has 0 radical (unpaired) electrons. The van der Waals surface area contributed by atoms with Crippen molar-refractivity contribution in [3.05, 3.63) is 23.3 Å².